The van der Waals surface area contributed by atoms with Crippen LogP contribution in [0.25, 0.3) is 0 Å². The van der Waals surface area contributed by atoms with Crippen LogP contribution in [0.2, 0.25) is 0 Å². The Hall–Kier alpha value is -1.49. The average molecular weight is 207 g/mol. The van der Waals surface area contributed by atoms with Gasteiger partial charge in [-0.1, -0.05) is 6.07 Å². The molecule has 2 N–H and O–H groups in total. The third-order valence-corrected chi connectivity index (χ3v) is 2.49. The first-order valence-electron chi connectivity index (χ1n) is 4.17. The molecule has 1 saturated heterocycles. The zero-order valence-corrected chi connectivity index (χ0v) is 8.39. The number of nitrogens with one attached hydrogen (secondary N) is 2. The minimum atomic E-state index is -0.786. The molecule has 0 spiro atoms. The van der Waals surface area contributed by atoms with Gasteiger partial charge in [0.15, 0.2) is 5.11 Å². The number of hydrogen-bond acceptors (Lipinski definition) is 3. The number of amides is 1. The largest absolute Gasteiger partial charge is 0.345 e. The minimum absolute atomic E-state index is 0.143. The number of pyridine rings is 1. The van der Waals surface area contributed by atoms with Gasteiger partial charge in [-0.3, -0.25) is 9.78 Å². The van der Waals surface area contributed by atoms with Gasteiger partial charge in [-0.15, -0.1) is 0 Å². The molecule has 0 aliphatic carbocycles. The van der Waals surface area contributed by atoms with Gasteiger partial charge in [0.2, 0.25) is 0 Å². The molecule has 2 heterocycles. The minimum Gasteiger partial charge on any atom is -0.345 e. The number of carbonyl (C=O) groups is 1. The lowest BCUT2D eigenvalue weighted by Crippen LogP contribution is -2.40. The molecule has 1 aliphatic heterocycles. The summed E-state index contributed by atoms with van der Waals surface area (Å²) in [4.78, 5) is 15.6. The lowest BCUT2D eigenvalue weighted by molar-refractivity contribution is -0.123. The Morgan fingerprint density at radius 2 is 2.36 bits per heavy atom. The fourth-order valence-electron chi connectivity index (χ4n) is 1.40. The van der Waals surface area contributed by atoms with E-state index < -0.39 is 5.54 Å². The summed E-state index contributed by atoms with van der Waals surface area (Å²) >= 11 is 4.88. The molecule has 0 radical (unpaired) electrons. The molecule has 1 aromatic heterocycles. The Bertz CT molecular complexity index is 392. The quantitative estimate of drug-likeness (QED) is 0.650. The molecule has 4 nitrogen and oxygen atoms in total. The number of aromatic nitrogens is 1. The highest BCUT2D eigenvalue weighted by atomic mass is 32.1. The van der Waals surface area contributed by atoms with E-state index in [4.69, 9.17) is 12.2 Å². The van der Waals surface area contributed by atoms with E-state index in [1.54, 1.807) is 25.4 Å². The molecular formula is C9H9N3OS. The van der Waals surface area contributed by atoms with Crippen LogP contribution in [0.15, 0.2) is 24.5 Å². The summed E-state index contributed by atoms with van der Waals surface area (Å²) in [5.74, 6) is -0.143. The van der Waals surface area contributed by atoms with Crippen LogP contribution in [-0.2, 0) is 10.3 Å². The van der Waals surface area contributed by atoms with Crippen LogP contribution >= 0.6 is 12.2 Å². The van der Waals surface area contributed by atoms with Gasteiger partial charge in [0.1, 0.15) is 5.54 Å². The third kappa shape index (κ3) is 1.26. The highest BCUT2D eigenvalue weighted by molar-refractivity contribution is 7.80. The van der Waals surface area contributed by atoms with Gasteiger partial charge >= 0.3 is 0 Å². The normalized spacial score (nSPS) is 25.8. The summed E-state index contributed by atoms with van der Waals surface area (Å²) in [6.07, 6.45) is 3.32. The second kappa shape index (κ2) is 3.02. The molecule has 1 atom stereocenters. The maximum atomic E-state index is 11.6. The van der Waals surface area contributed by atoms with E-state index in [-0.39, 0.29) is 5.91 Å². The van der Waals surface area contributed by atoms with E-state index in [1.165, 1.54) is 0 Å². The van der Waals surface area contributed by atoms with Gasteiger partial charge in [0.05, 0.1) is 0 Å². The molecule has 1 fully saturated rings. The van der Waals surface area contributed by atoms with Crippen LogP contribution in [0.1, 0.15) is 12.5 Å². The molecule has 0 aromatic carbocycles. The van der Waals surface area contributed by atoms with Crippen molar-refractivity contribution < 1.29 is 4.79 Å². The van der Waals surface area contributed by atoms with Crippen molar-refractivity contribution in [1.29, 1.82) is 0 Å². The van der Waals surface area contributed by atoms with Gasteiger partial charge in [0, 0.05) is 18.0 Å². The molecule has 2 rings (SSSR count). The lowest BCUT2D eigenvalue weighted by Gasteiger charge is -2.20. The van der Waals surface area contributed by atoms with E-state index >= 15 is 0 Å². The summed E-state index contributed by atoms with van der Waals surface area (Å²) in [6.45, 7) is 1.78. The molecule has 1 aromatic rings. The number of hydrogen-bond donors (Lipinski definition) is 2. The summed E-state index contributed by atoms with van der Waals surface area (Å²) in [5.41, 5.74) is 0.0167. The number of nitrogens with zero attached hydrogens (tertiary/aromatic N) is 1. The first-order chi connectivity index (χ1) is 6.63. The first kappa shape index (κ1) is 9.08. The first-order valence-corrected chi connectivity index (χ1v) is 4.58. The van der Waals surface area contributed by atoms with Crippen LogP contribution in [0.5, 0.6) is 0 Å². The maximum Gasteiger partial charge on any atom is 0.256 e. The van der Waals surface area contributed by atoms with E-state index in [9.17, 15) is 4.79 Å². The second-order valence-electron chi connectivity index (χ2n) is 3.27. The Labute approximate surface area is 86.7 Å². The second-order valence-corrected chi connectivity index (χ2v) is 3.68. The number of carbonyl (C=O) groups excluding carboxylic acids is 1. The smallest absolute Gasteiger partial charge is 0.256 e. The van der Waals surface area contributed by atoms with Gasteiger partial charge in [0.25, 0.3) is 5.91 Å². The Balaban J connectivity index is 2.43. The van der Waals surface area contributed by atoms with Crippen molar-refractivity contribution in [3.8, 4) is 0 Å². The summed E-state index contributed by atoms with van der Waals surface area (Å²) < 4.78 is 0. The topological polar surface area (TPSA) is 54.0 Å². The molecule has 14 heavy (non-hydrogen) atoms. The monoisotopic (exact) mass is 207 g/mol. The van der Waals surface area contributed by atoms with Crippen molar-refractivity contribution >= 4 is 23.2 Å². The lowest BCUT2D eigenvalue weighted by atomic mass is 9.94. The highest BCUT2D eigenvalue weighted by Gasteiger charge is 2.41. The van der Waals surface area contributed by atoms with E-state index in [2.05, 4.69) is 15.6 Å². The molecule has 1 amide bonds. The van der Waals surface area contributed by atoms with Crippen molar-refractivity contribution in [3.05, 3.63) is 30.1 Å². The highest BCUT2D eigenvalue weighted by Crippen LogP contribution is 2.22. The zero-order chi connectivity index (χ0) is 10.2. The Morgan fingerprint density at radius 1 is 1.57 bits per heavy atom. The molecule has 1 aliphatic rings. The predicted octanol–water partition coefficient (Wildman–Crippen LogP) is 0.301. The van der Waals surface area contributed by atoms with Crippen LogP contribution in [-0.4, -0.2) is 16.0 Å². The van der Waals surface area contributed by atoms with Crippen molar-refractivity contribution in [2.45, 2.75) is 12.5 Å². The van der Waals surface area contributed by atoms with Crippen molar-refractivity contribution in [3.63, 3.8) is 0 Å². The summed E-state index contributed by atoms with van der Waals surface area (Å²) in [7, 11) is 0. The number of thiocarbonyl (C=S) groups is 1. The molecule has 0 saturated carbocycles. The molecule has 1 unspecified atom stereocenters. The maximum absolute atomic E-state index is 11.6. The van der Waals surface area contributed by atoms with Crippen LogP contribution < -0.4 is 10.6 Å². The van der Waals surface area contributed by atoms with Crippen molar-refractivity contribution in [2.75, 3.05) is 0 Å². The fourth-order valence-corrected chi connectivity index (χ4v) is 1.70. The van der Waals surface area contributed by atoms with Gasteiger partial charge in [-0.25, -0.2) is 0 Å². The van der Waals surface area contributed by atoms with Crippen LogP contribution in [0.4, 0.5) is 0 Å². The van der Waals surface area contributed by atoms with Gasteiger partial charge < -0.3 is 10.6 Å². The van der Waals surface area contributed by atoms with Crippen molar-refractivity contribution in [2.24, 2.45) is 0 Å². The van der Waals surface area contributed by atoms with Crippen molar-refractivity contribution in [1.82, 2.24) is 15.6 Å². The third-order valence-electron chi connectivity index (χ3n) is 2.28. The van der Waals surface area contributed by atoms with E-state index in [0.717, 1.165) is 5.56 Å². The summed E-state index contributed by atoms with van der Waals surface area (Å²) in [6, 6.07) is 3.63. The Morgan fingerprint density at radius 3 is 2.86 bits per heavy atom. The molecule has 5 heteroatoms. The SMILES string of the molecule is CC1(c2cccnc2)NC(=S)NC1=O. The van der Waals surface area contributed by atoms with Crippen LogP contribution in [0.3, 0.4) is 0 Å². The van der Waals surface area contributed by atoms with E-state index in [1.807, 2.05) is 6.07 Å². The predicted molar refractivity (Wildman–Crippen MR) is 55.5 cm³/mol. The fraction of sp³-hybridized carbons (Fsp3) is 0.222. The van der Waals surface area contributed by atoms with E-state index in [0.29, 0.717) is 5.11 Å². The zero-order valence-electron chi connectivity index (χ0n) is 7.57. The Kier molecular flexibility index (Phi) is 1.96. The van der Waals surface area contributed by atoms with Gasteiger partial charge in [-0.2, -0.15) is 0 Å². The molecule has 0 bridgehead atoms. The average Bonchev–Trinajstić information content (AvgIpc) is 2.43. The number of rotatable bonds is 1. The van der Waals surface area contributed by atoms with Gasteiger partial charge in [-0.05, 0) is 25.2 Å². The standard InChI is InChI=1S/C9H9N3OS/c1-9(6-3-2-4-10-5-6)7(13)11-8(14)12-9/h2-5H,1H3,(H2,11,12,13,14). The molecule has 72 valence electrons. The van der Waals surface area contributed by atoms with Crippen LogP contribution in [0, 0.1) is 0 Å². The summed E-state index contributed by atoms with van der Waals surface area (Å²) in [5, 5.41) is 5.85. The molecular weight excluding hydrogens is 198 g/mol.